The van der Waals surface area contributed by atoms with E-state index in [0.29, 0.717) is 6.54 Å². The monoisotopic (exact) mass is 397 g/mol. The predicted octanol–water partition coefficient (Wildman–Crippen LogP) is 5.52. The number of rotatable bonds is 5. The molecule has 0 atom stereocenters. The number of anilines is 1. The lowest BCUT2D eigenvalue weighted by atomic mass is 10.0. The maximum atomic E-state index is 13.4. The van der Waals surface area contributed by atoms with Crippen molar-refractivity contribution in [1.82, 2.24) is 9.38 Å². The van der Waals surface area contributed by atoms with Crippen LogP contribution in [0.1, 0.15) is 29.3 Å². The van der Waals surface area contributed by atoms with Gasteiger partial charge in [0.25, 0.3) is 0 Å². The first-order valence-corrected chi connectivity index (χ1v) is 10.4. The maximum absolute atomic E-state index is 13.4. The number of aryl methyl sites for hydroxylation is 3. The van der Waals surface area contributed by atoms with Gasteiger partial charge in [-0.1, -0.05) is 36.4 Å². The van der Waals surface area contributed by atoms with E-state index in [0.717, 1.165) is 33.8 Å². The van der Waals surface area contributed by atoms with Crippen LogP contribution in [0.15, 0.2) is 66.9 Å². The fourth-order valence-electron chi connectivity index (χ4n) is 3.89. The number of hydrogen-bond donors (Lipinski definition) is 0. The smallest absolute Gasteiger partial charge is 0.233 e. The lowest BCUT2D eigenvalue weighted by Gasteiger charge is -2.21. The highest BCUT2D eigenvalue weighted by Gasteiger charge is 2.21. The summed E-state index contributed by atoms with van der Waals surface area (Å²) in [6, 6.07) is 20.3. The van der Waals surface area contributed by atoms with Gasteiger partial charge in [0.1, 0.15) is 5.65 Å². The number of pyridine rings is 1. The number of fused-ring (bicyclic) bond motifs is 1. The van der Waals surface area contributed by atoms with Crippen LogP contribution < -0.4 is 4.90 Å². The number of carbonyl (C=O) groups is 1. The van der Waals surface area contributed by atoms with E-state index in [1.807, 2.05) is 54.4 Å². The van der Waals surface area contributed by atoms with E-state index in [1.165, 1.54) is 11.1 Å². The van der Waals surface area contributed by atoms with Gasteiger partial charge in [0.15, 0.2) is 0 Å². The molecule has 0 unspecified atom stereocenters. The van der Waals surface area contributed by atoms with Crippen molar-refractivity contribution >= 4 is 17.2 Å². The predicted molar refractivity (Wildman–Crippen MR) is 123 cm³/mol. The second kappa shape index (κ2) is 8.15. The van der Waals surface area contributed by atoms with E-state index >= 15 is 0 Å². The van der Waals surface area contributed by atoms with Crippen molar-refractivity contribution in [1.29, 1.82) is 0 Å². The number of hydrogen-bond acceptors (Lipinski definition) is 2. The lowest BCUT2D eigenvalue weighted by Crippen LogP contribution is -2.32. The second-order valence-corrected chi connectivity index (χ2v) is 7.74. The molecule has 0 saturated heterocycles. The minimum Gasteiger partial charge on any atom is -0.312 e. The van der Waals surface area contributed by atoms with Crippen molar-refractivity contribution in [2.75, 3.05) is 11.4 Å². The number of aromatic nitrogens is 2. The van der Waals surface area contributed by atoms with Crippen molar-refractivity contribution in [3.8, 4) is 11.3 Å². The maximum Gasteiger partial charge on any atom is 0.233 e. The molecule has 4 heteroatoms. The van der Waals surface area contributed by atoms with Crippen LogP contribution in [-0.2, 0) is 11.2 Å². The first-order chi connectivity index (χ1) is 14.5. The molecule has 2 heterocycles. The van der Waals surface area contributed by atoms with E-state index in [2.05, 4.69) is 49.4 Å². The minimum absolute atomic E-state index is 0.0667. The molecule has 0 saturated carbocycles. The molecule has 30 heavy (non-hydrogen) atoms. The molecule has 0 N–H and O–H groups in total. The average Bonchev–Trinajstić information content (AvgIpc) is 3.11. The van der Waals surface area contributed by atoms with E-state index < -0.39 is 0 Å². The number of para-hydroxylation sites is 1. The summed E-state index contributed by atoms with van der Waals surface area (Å²) in [5.74, 6) is 0.0667. The highest BCUT2D eigenvalue weighted by molar-refractivity contribution is 5.95. The highest BCUT2D eigenvalue weighted by atomic mass is 16.2. The number of benzene rings is 2. The molecule has 0 aliphatic rings. The van der Waals surface area contributed by atoms with Crippen molar-refractivity contribution < 1.29 is 4.79 Å². The summed E-state index contributed by atoms with van der Waals surface area (Å²) in [7, 11) is 0. The fraction of sp³-hybridized carbons (Fsp3) is 0.231. The Kier molecular flexibility index (Phi) is 5.40. The molecule has 0 spiro atoms. The Morgan fingerprint density at radius 3 is 2.40 bits per heavy atom. The first kappa shape index (κ1) is 19.9. The standard InChI is InChI=1S/C26H27N3O/c1-5-28(22-11-7-6-8-12-22)24(30)17-23-25(21-14-13-18(2)20(4)16-21)27-26-19(3)10-9-15-29(23)26/h6-16H,5,17H2,1-4H3. The van der Waals surface area contributed by atoms with Gasteiger partial charge in [-0.2, -0.15) is 0 Å². The van der Waals surface area contributed by atoms with Gasteiger partial charge in [-0.05, 0) is 68.7 Å². The van der Waals surface area contributed by atoms with Gasteiger partial charge in [-0.25, -0.2) is 4.98 Å². The van der Waals surface area contributed by atoms with Crippen LogP contribution in [0.2, 0.25) is 0 Å². The normalized spacial score (nSPS) is 11.1. The van der Waals surface area contributed by atoms with Crippen LogP contribution in [0.3, 0.4) is 0 Å². The Labute approximate surface area is 177 Å². The molecule has 4 nitrogen and oxygen atoms in total. The molecule has 4 aromatic rings. The van der Waals surface area contributed by atoms with Gasteiger partial charge in [0, 0.05) is 24.0 Å². The number of carbonyl (C=O) groups excluding carboxylic acids is 1. The Morgan fingerprint density at radius 1 is 0.933 bits per heavy atom. The molecule has 152 valence electrons. The topological polar surface area (TPSA) is 37.6 Å². The van der Waals surface area contributed by atoms with Crippen LogP contribution >= 0.6 is 0 Å². The van der Waals surface area contributed by atoms with E-state index in [-0.39, 0.29) is 12.3 Å². The van der Waals surface area contributed by atoms with Gasteiger partial charge < -0.3 is 9.30 Å². The zero-order valence-corrected chi connectivity index (χ0v) is 18.0. The highest BCUT2D eigenvalue weighted by Crippen LogP contribution is 2.28. The summed E-state index contributed by atoms with van der Waals surface area (Å²) in [6.07, 6.45) is 2.29. The molecule has 0 aliphatic carbocycles. The van der Waals surface area contributed by atoms with Crippen LogP contribution in [0, 0.1) is 20.8 Å². The van der Waals surface area contributed by atoms with Crippen LogP contribution in [0.5, 0.6) is 0 Å². The zero-order valence-electron chi connectivity index (χ0n) is 18.0. The average molecular weight is 398 g/mol. The van der Waals surface area contributed by atoms with E-state index in [9.17, 15) is 4.79 Å². The lowest BCUT2D eigenvalue weighted by molar-refractivity contribution is -0.118. The third-order valence-corrected chi connectivity index (χ3v) is 5.73. The van der Waals surface area contributed by atoms with Gasteiger partial charge in [-0.3, -0.25) is 4.79 Å². The molecule has 2 aromatic heterocycles. The van der Waals surface area contributed by atoms with E-state index in [1.54, 1.807) is 0 Å². The third-order valence-electron chi connectivity index (χ3n) is 5.73. The molecule has 1 amide bonds. The number of imidazole rings is 1. The molecular weight excluding hydrogens is 370 g/mol. The summed E-state index contributed by atoms with van der Waals surface area (Å²) in [6.45, 7) is 8.90. The fourth-order valence-corrected chi connectivity index (χ4v) is 3.89. The van der Waals surface area contributed by atoms with Gasteiger partial charge >= 0.3 is 0 Å². The zero-order chi connectivity index (χ0) is 21.3. The van der Waals surface area contributed by atoms with E-state index in [4.69, 9.17) is 4.98 Å². The number of nitrogens with zero attached hydrogens (tertiary/aromatic N) is 3. The third kappa shape index (κ3) is 3.61. The summed E-state index contributed by atoms with van der Waals surface area (Å²) in [5, 5.41) is 0. The van der Waals surface area contributed by atoms with Crippen LogP contribution in [-0.4, -0.2) is 21.8 Å². The Bertz CT molecular complexity index is 1210. The van der Waals surface area contributed by atoms with Crippen molar-refractivity contribution in [3.63, 3.8) is 0 Å². The largest absolute Gasteiger partial charge is 0.312 e. The van der Waals surface area contributed by atoms with Crippen LogP contribution in [0.25, 0.3) is 16.9 Å². The number of likely N-dealkylation sites (N-methyl/N-ethyl adjacent to an activating group) is 1. The Hall–Kier alpha value is -3.40. The molecular formula is C26H27N3O. The molecule has 0 radical (unpaired) electrons. The van der Waals surface area contributed by atoms with Crippen molar-refractivity contribution in [2.24, 2.45) is 0 Å². The van der Waals surface area contributed by atoms with Crippen LogP contribution in [0.4, 0.5) is 5.69 Å². The summed E-state index contributed by atoms with van der Waals surface area (Å²) < 4.78 is 2.07. The molecule has 4 rings (SSSR count). The quantitative estimate of drug-likeness (QED) is 0.444. The number of amides is 1. The van der Waals surface area contributed by atoms with Crippen molar-refractivity contribution in [2.45, 2.75) is 34.1 Å². The molecule has 2 aromatic carbocycles. The summed E-state index contributed by atoms with van der Waals surface area (Å²) in [4.78, 5) is 20.1. The Balaban J connectivity index is 1.82. The van der Waals surface area contributed by atoms with Gasteiger partial charge in [0.05, 0.1) is 17.8 Å². The minimum atomic E-state index is 0.0667. The molecule has 0 bridgehead atoms. The summed E-state index contributed by atoms with van der Waals surface area (Å²) >= 11 is 0. The summed E-state index contributed by atoms with van der Waals surface area (Å²) in [5.41, 5.74) is 8.24. The first-order valence-electron chi connectivity index (χ1n) is 10.4. The molecule has 0 fully saturated rings. The van der Waals surface area contributed by atoms with Gasteiger partial charge in [0.2, 0.25) is 5.91 Å². The second-order valence-electron chi connectivity index (χ2n) is 7.74. The Morgan fingerprint density at radius 2 is 1.70 bits per heavy atom. The van der Waals surface area contributed by atoms with Crippen molar-refractivity contribution in [3.05, 3.63) is 89.2 Å². The SMILES string of the molecule is CCN(C(=O)Cc1c(-c2ccc(C)c(C)c2)nc2c(C)cccn12)c1ccccc1. The van der Waals surface area contributed by atoms with Gasteiger partial charge in [-0.15, -0.1) is 0 Å². The molecule has 0 aliphatic heterocycles.